The number of piperazine rings is 1. The quantitative estimate of drug-likeness (QED) is 0.792. The first-order valence-electron chi connectivity index (χ1n) is 5.04. The van der Waals surface area contributed by atoms with Crippen molar-refractivity contribution in [2.75, 3.05) is 26.7 Å². The molecule has 82 valence electrons. The molecule has 0 spiro atoms. The van der Waals surface area contributed by atoms with Crippen molar-refractivity contribution >= 4 is 11.6 Å². The number of likely N-dealkylation sites (N-methyl/N-ethyl adjacent to an activating group) is 1. The van der Waals surface area contributed by atoms with Crippen molar-refractivity contribution in [1.82, 2.24) is 10.2 Å². The molecule has 0 aliphatic carbocycles. The monoisotopic (exact) mass is 228 g/mol. The molecule has 1 saturated heterocycles. The second-order valence-electron chi connectivity index (χ2n) is 3.87. The molecule has 2 nitrogen and oxygen atoms in total. The second kappa shape index (κ2) is 4.47. The lowest BCUT2D eigenvalue weighted by Crippen LogP contribution is -2.43. The van der Waals surface area contributed by atoms with E-state index in [4.69, 9.17) is 11.6 Å². The molecule has 2 rings (SSSR count). The number of benzene rings is 1. The van der Waals surface area contributed by atoms with E-state index < -0.39 is 0 Å². The van der Waals surface area contributed by atoms with Crippen molar-refractivity contribution in [3.8, 4) is 0 Å². The van der Waals surface area contributed by atoms with Gasteiger partial charge in [-0.3, -0.25) is 4.90 Å². The van der Waals surface area contributed by atoms with E-state index in [0.29, 0.717) is 5.02 Å². The summed E-state index contributed by atoms with van der Waals surface area (Å²) in [5, 5.41) is 3.92. The van der Waals surface area contributed by atoms with Crippen molar-refractivity contribution in [3.05, 3.63) is 34.6 Å². The summed E-state index contributed by atoms with van der Waals surface area (Å²) in [4.78, 5) is 2.19. The maximum atomic E-state index is 13.1. The van der Waals surface area contributed by atoms with Crippen molar-refractivity contribution in [1.29, 1.82) is 0 Å². The maximum absolute atomic E-state index is 13.1. The van der Waals surface area contributed by atoms with Gasteiger partial charge in [-0.2, -0.15) is 0 Å². The number of hydrogen-bond acceptors (Lipinski definition) is 2. The highest BCUT2D eigenvalue weighted by Gasteiger charge is 2.22. The molecule has 4 heteroatoms. The Balaban J connectivity index is 2.30. The molecule has 0 radical (unpaired) electrons. The first-order valence-corrected chi connectivity index (χ1v) is 5.42. The minimum absolute atomic E-state index is 0.168. The van der Waals surface area contributed by atoms with Crippen LogP contribution in [0.15, 0.2) is 18.2 Å². The van der Waals surface area contributed by atoms with Crippen LogP contribution in [0.1, 0.15) is 11.6 Å². The van der Waals surface area contributed by atoms with Gasteiger partial charge in [0.1, 0.15) is 5.82 Å². The highest BCUT2D eigenvalue weighted by atomic mass is 35.5. The smallest absolute Gasteiger partial charge is 0.123 e. The molecular weight excluding hydrogens is 215 g/mol. The van der Waals surface area contributed by atoms with Gasteiger partial charge in [0.25, 0.3) is 0 Å². The number of halogens is 2. The van der Waals surface area contributed by atoms with Crippen LogP contribution in [0.25, 0.3) is 0 Å². The minimum Gasteiger partial charge on any atom is -0.314 e. The van der Waals surface area contributed by atoms with Crippen LogP contribution in [-0.2, 0) is 0 Å². The van der Waals surface area contributed by atoms with Crippen molar-refractivity contribution in [2.45, 2.75) is 6.04 Å². The molecule has 1 atom stereocenters. The number of nitrogens with zero attached hydrogens (tertiary/aromatic N) is 1. The molecule has 0 aromatic heterocycles. The third-order valence-corrected chi connectivity index (χ3v) is 3.17. The molecule has 1 fully saturated rings. The predicted octanol–water partition coefficient (Wildman–Crippen LogP) is 2.06. The van der Waals surface area contributed by atoms with Crippen molar-refractivity contribution in [2.24, 2.45) is 0 Å². The van der Waals surface area contributed by atoms with Crippen LogP contribution in [0, 0.1) is 5.82 Å². The van der Waals surface area contributed by atoms with Crippen LogP contribution >= 0.6 is 11.6 Å². The van der Waals surface area contributed by atoms with Crippen molar-refractivity contribution < 1.29 is 4.39 Å². The molecule has 1 aliphatic heterocycles. The van der Waals surface area contributed by atoms with Crippen LogP contribution < -0.4 is 5.32 Å². The predicted molar refractivity (Wildman–Crippen MR) is 59.7 cm³/mol. The molecule has 0 amide bonds. The molecule has 1 aromatic rings. The van der Waals surface area contributed by atoms with Gasteiger partial charge in [0, 0.05) is 30.7 Å². The highest BCUT2D eigenvalue weighted by molar-refractivity contribution is 6.31. The molecule has 15 heavy (non-hydrogen) atoms. The lowest BCUT2D eigenvalue weighted by Gasteiger charge is -2.33. The molecule has 1 unspecified atom stereocenters. The lowest BCUT2D eigenvalue weighted by atomic mass is 10.0. The summed E-state index contributed by atoms with van der Waals surface area (Å²) in [6.07, 6.45) is 0. The first-order chi connectivity index (χ1) is 7.18. The molecule has 1 aliphatic rings. The summed E-state index contributed by atoms with van der Waals surface area (Å²) in [6, 6.07) is 4.70. The molecular formula is C11H14ClFN2. The number of rotatable bonds is 1. The Morgan fingerprint density at radius 3 is 3.07 bits per heavy atom. The zero-order chi connectivity index (χ0) is 10.8. The Labute approximate surface area is 94.0 Å². The van der Waals surface area contributed by atoms with Crippen LogP contribution in [0.5, 0.6) is 0 Å². The van der Waals surface area contributed by atoms with Crippen LogP contribution in [-0.4, -0.2) is 31.6 Å². The second-order valence-corrected chi connectivity index (χ2v) is 4.27. The van der Waals surface area contributed by atoms with Gasteiger partial charge < -0.3 is 5.32 Å². The Bertz CT molecular complexity index is 356. The summed E-state index contributed by atoms with van der Waals surface area (Å²) in [5.74, 6) is -0.228. The van der Waals surface area contributed by atoms with Gasteiger partial charge in [0.2, 0.25) is 0 Å². The van der Waals surface area contributed by atoms with Gasteiger partial charge in [-0.15, -0.1) is 0 Å². The van der Waals surface area contributed by atoms with Gasteiger partial charge in [-0.1, -0.05) is 11.6 Å². The van der Waals surface area contributed by atoms with Gasteiger partial charge in [0.15, 0.2) is 0 Å². The fourth-order valence-electron chi connectivity index (χ4n) is 1.92. The molecule has 1 heterocycles. The minimum atomic E-state index is -0.228. The lowest BCUT2D eigenvalue weighted by molar-refractivity contribution is 0.202. The summed E-state index contributed by atoms with van der Waals surface area (Å²) in [7, 11) is 2.03. The van der Waals surface area contributed by atoms with E-state index in [1.807, 2.05) is 7.05 Å². The summed E-state index contributed by atoms with van der Waals surface area (Å²) in [5.41, 5.74) is 0.867. The van der Waals surface area contributed by atoms with E-state index >= 15 is 0 Å². The summed E-state index contributed by atoms with van der Waals surface area (Å²) in [6.45, 7) is 2.75. The summed E-state index contributed by atoms with van der Waals surface area (Å²) < 4.78 is 13.1. The average Bonchev–Trinajstić information content (AvgIpc) is 2.23. The molecule has 1 N–H and O–H groups in total. The fourth-order valence-corrected chi connectivity index (χ4v) is 2.17. The van der Waals surface area contributed by atoms with Crippen LogP contribution in [0.2, 0.25) is 5.02 Å². The van der Waals surface area contributed by atoms with Gasteiger partial charge in [-0.25, -0.2) is 4.39 Å². The third-order valence-electron chi connectivity index (χ3n) is 2.83. The number of hydrogen-bond donors (Lipinski definition) is 1. The van der Waals surface area contributed by atoms with Gasteiger partial charge in [-0.05, 0) is 30.8 Å². The Morgan fingerprint density at radius 1 is 1.53 bits per heavy atom. The fraction of sp³-hybridized carbons (Fsp3) is 0.455. The maximum Gasteiger partial charge on any atom is 0.123 e. The van der Waals surface area contributed by atoms with Crippen LogP contribution in [0.4, 0.5) is 4.39 Å². The van der Waals surface area contributed by atoms with E-state index in [-0.39, 0.29) is 11.9 Å². The van der Waals surface area contributed by atoms with E-state index in [1.165, 1.54) is 12.1 Å². The van der Waals surface area contributed by atoms with Crippen molar-refractivity contribution in [3.63, 3.8) is 0 Å². The van der Waals surface area contributed by atoms with E-state index in [1.54, 1.807) is 6.07 Å². The molecule has 1 aromatic carbocycles. The number of nitrogens with one attached hydrogen (secondary N) is 1. The van der Waals surface area contributed by atoms with E-state index in [0.717, 1.165) is 25.2 Å². The Hall–Kier alpha value is -0.640. The zero-order valence-electron chi connectivity index (χ0n) is 8.63. The van der Waals surface area contributed by atoms with E-state index in [2.05, 4.69) is 10.2 Å². The first kappa shape index (κ1) is 10.9. The molecule has 0 saturated carbocycles. The highest BCUT2D eigenvalue weighted by Crippen LogP contribution is 2.28. The third kappa shape index (κ3) is 2.30. The van der Waals surface area contributed by atoms with Gasteiger partial charge >= 0.3 is 0 Å². The Kier molecular flexibility index (Phi) is 3.24. The topological polar surface area (TPSA) is 15.3 Å². The Morgan fingerprint density at radius 2 is 2.33 bits per heavy atom. The van der Waals surface area contributed by atoms with Gasteiger partial charge in [0.05, 0.1) is 0 Å². The SMILES string of the molecule is CN1CCNCC1c1cc(F)ccc1Cl. The van der Waals surface area contributed by atoms with Crippen LogP contribution in [0.3, 0.4) is 0 Å². The average molecular weight is 229 g/mol. The standard InChI is InChI=1S/C11H14ClFN2/c1-15-5-4-14-7-11(15)9-6-8(13)2-3-10(9)12/h2-3,6,11,14H,4-5,7H2,1H3. The normalized spacial score (nSPS) is 23.0. The molecule has 0 bridgehead atoms. The summed E-state index contributed by atoms with van der Waals surface area (Å²) >= 11 is 6.07. The zero-order valence-corrected chi connectivity index (χ0v) is 9.39. The largest absolute Gasteiger partial charge is 0.314 e. The van der Waals surface area contributed by atoms with E-state index in [9.17, 15) is 4.39 Å².